The van der Waals surface area contributed by atoms with Crippen molar-refractivity contribution in [3.05, 3.63) is 72.8 Å². The van der Waals surface area contributed by atoms with Crippen molar-refractivity contribution in [1.29, 1.82) is 0 Å². The number of halogens is 2. The molecule has 2 aromatic carbocycles. The van der Waals surface area contributed by atoms with Crippen LogP contribution in [0.1, 0.15) is 12.5 Å². The van der Waals surface area contributed by atoms with Crippen molar-refractivity contribution in [2.24, 2.45) is 0 Å². The smallest absolute Gasteiger partial charge is 0.329 e. The van der Waals surface area contributed by atoms with Gasteiger partial charge in [-0.2, -0.15) is 0 Å². The highest BCUT2D eigenvalue weighted by atomic mass is 35.5. The Balaban J connectivity index is 1.51. The van der Waals surface area contributed by atoms with Crippen LogP contribution in [0.25, 0.3) is 10.9 Å². The number of fused-ring (bicyclic) bond motifs is 1. The summed E-state index contributed by atoms with van der Waals surface area (Å²) in [6.45, 7) is 3.77. The molecule has 4 rings (SSSR count). The van der Waals surface area contributed by atoms with Gasteiger partial charge in [0, 0.05) is 45.3 Å². The quantitative estimate of drug-likeness (QED) is 0.553. The van der Waals surface area contributed by atoms with Crippen LogP contribution < -0.4 is 21.5 Å². The fourth-order valence-electron chi connectivity index (χ4n) is 3.91. The molecule has 0 unspecified atom stereocenters. The monoisotopic (exact) mass is 503 g/mol. The van der Waals surface area contributed by atoms with Gasteiger partial charge in [0.15, 0.2) is 0 Å². The highest BCUT2D eigenvalue weighted by molar-refractivity contribution is 6.42. The molecule has 0 spiro atoms. The van der Waals surface area contributed by atoms with Gasteiger partial charge in [0.25, 0.3) is 5.56 Å². The highest BCUT2D eigenvalue weighted by Crippen LogP contribution is 2.22. The Morgan fingerprint density at radius 2 is 1.74 bits per heavy atom. The maximum absolute atomic E-state index is 13.1. The largest absolute Gasteiger partial charge is 0.368 e. The van der Waals surface area contributed by atoms with Crippen molar-refractivity contribution < 1.29 is 9.59 Å². The minimum absolute atomic E-state index is 0.0380. The van der Waals surface area contributed by atoms with Gasteiger partial charge in [-0.25, -0.2) is 4.79 Å². The molecule has 2 N–H and O–H groups in total. The van der Waals surface area contributed by atoms with Gasteiger partial charge in [-0.3, -0.25) is 19.0 Å². The number of rotatable bonds is 5. The summed E-state index contributed by atoms with van der Waals surface area (Å²) in [6, 6.07) is 10.2. The minimum Gasteiger partial charge on any atom is -0.368 e. The Hall–Kier alpha value is -3.30. The molecular formula is C23H23Cl2N5O4. The zero-order valence-corrected chi connectivity index (χ0v) is 19.9. The molecule has 9 nitrogen and oxygen atoms in total. The number of aromatic nitrogens is 2. The van der Waals surface area contributed by atoms with Gasteiger partial charge >= 0.3 is 5.69 Å². The molecule has 34 heavy (non-hydrogen) atoms. The van der Waals surface area contributed by atoms with Gasteiger partial charge in [0.05, 0.1) is 20.9 Å². The molecule has 2 heterocycles. The van der Waals surface area contributed by atoms with Crippen LogP contribution in [0.4, 0.5) is 5.69 Å². The summed E-state index contributed by atoms with van der Waals surface area (Å²) in [5.41, 5.74) is 0.735. The lowest BCUT2D eigenvalue weighted by Gasteiger charge is -2.35. The molecule has 1 saturated heterocycles. The molecule has 1 aliphatic heterocycles. The molecule has 1 fully saturated rings. The van der Waals surface area contributed by atoms with Crippen LogP contribution in [0.15, 0.2) is 46.0 Å². The van der Waals surface area contributed by atoms with Crippen LogP contribution in [0.3, 0.4) is 0 Å². The number of hydrogen-bond acceptors (Lipinski definition) is 5. The zero-order chi connectivity index (χ0) is 24.4. The van der Waals surface area contributed by atoms with Crippen molar-refractivity contribution in [2.45, 2.75) is 20.0 Å². The Bertz CT molecular complexity index is 1380. The van der Waals surface area contributed by atoms with E-state index in [4.69, 9.17) is 23.2 Å². The molecule has 0 radical (unpaired) electrons. The number of aromatic amines is 1. The number of nitrogens with zero attached hydrogens (tertiary/aromatic N) is 3. The van der Waals surface area contributed by atoms with E-state index in [-0.39, 0.29) is 12.5 Å². The third-order valence-corrected chi connectivity index (χ3v) is 6.57. The van der Waals surface area contributed by atoms with Crippen LogP contribution in [0.5, 0.6) is 0 Å². The highest BCUT2D eigenvalue weighted by Gasteiger charge is 2.20. The van der Waals surface area contributed by atoms with Crippen molar-refractivity contribution >= 4 is 51.6 Å². The summed E-state index contributed by atoms with van der Waals surface area (Å²) in [6.07, 6.45) is 0. The van der Waals surface area contributed by atoms with Crippen molar-refractivity contribution in [2.75, 3.05) is 31.1 Å². The average molecular weight is 504 g/mol. The van der Waals surface area contributed by atoms with E-state index in [0.717, 1.165) is 15.8 Å². The number of amides is 2. The summed E-state index contributed by atoms with van der Waals surface area (Å²) < 4.78 is 0.879. The summed E-state index contributed by atoms with van der Waals surface area (Å²) in [7, 11) is 0. The fourth-order valence-corrected chi connectivity index (χ4v) is 4.23. The van der Waals surface area contributed by atoms with E-state index in [2.05, 4.69) is 15.2 Å². The molecule has 0 atom stereocenters. The van der Waals surface area contributed by atoms with Gasteiger partial charge in [-0.1, -0.05) is 29.3 Å². The molecule has 0 bridgehead atoms. The Morgan fingerprint density at radius 1 is 1.00 bits per heavy atom. The predicted molar refractivity (Wildman–Crippen MR) is 132 cm³/mol. The second-order valence-corrected chi connectivity index (χ2v) is 8.88. The van der Waals surface area contributed by atoms with E-state index in [9.17, 15) is 19.2 Å². The second-order valence-electron chi connectivity index (χ2n) is 8.07. The first-order valence-corrected chi connectivity index (χ1v) is 11.5. The first kappa shape index (κ1) is 23.8. The normalized spacial score (nSPS) is 13.9. The molecule has 3 aromatic rings. The molecule has 178 valence electrons. The Kier molecular flexibility index (Phi) is 6.95. The van der Waals surface area contributed by atoms with Gasteiger partial charge in [-0.05, 0) is 35.9 Å². The van der Waals surface area contributed by atoms with Crippen LogP contribution >= 0.6 is 23.2 Å². The molecule has 1 aromatic heterocycles. The summed E-state index contributed by atoms with van der Waals surface area (Å²) in [5.74, 6) is -0.453. The molecule has 1 aliphatic rings. The van der Waals surface area contributed by atoms with E-state index in [0.29, 0.717) is 47.1 Å². The third-order valence-electron chi connectivity index (χ3n) is 5.83. The van der Waals surface area contributed by atoms with Gasteiger partial charge in [0.1, 0.15) is 6.54 Å². The van der Waals surface area contributed by atoms with E-state index >= 15 is 0 Å². The second kappa shape index (κ2) is 9.90. The van der Waals surface area contributed by atoms with Crippen LogP contribution in [0.2, 0.25) is 10.0 Å². The van der Waals surface area contributed by atoms with E-state index in [1.807, 2.05) is 6.07 Å². The van der Waals surface area contributed by atoms with Crippen LogP contribution in [-0.2, 0) is 22.7 Å². The number of anilines is 1. The number of benzene rings is 2. The lowest BCUT2D eigenvalue weighted by molar-refractivity contribution is -0.129. The first-order valence-electron chi connectivity index (χ1n) is 10.7. The number of carbonyl (C=O) groups is 2. The minimum atomic E-state index is -0.662. The first-order chi connectivity index (χ1) is 16.2. The SMILES string of the molecule is CC(=O)N1CCN(c2ccc3[nH]c(=O)n(CC(=O)NCc4ccc(Cl)c(Cl)c4)c(=O)c3c2)CC1. The van der Waals surface area contributed by atoms with Gasteiger partial charge < -0.3 is 20.1 Å². The fraction of sp³-hybridized carbons (Fsp3) is 0.304. The maximum atomic E-state index is 13.1. The molecule has 0 aliphatic carbocycles. The van der Waals surface area contributed by atoms with E-state index < -0.39 is 23.7 Å². The maximum Gasteiger partial charge on any atom is 0.329 e. The number of piperazine rings is 1. The van der Waals surface area contributed by atoms with Crippen molar-refractivity contribution in [3.8, 4) is 0 Å². The van der Waals surface area contributed by atoms with Gasteiger partial charge in [-0.15, -0.1) is 0 Å². The van der Waals surface area contributed by atoms with E-state index in [1.165, 1.54) is 0 Å². The lowest BCUT2D eigenvalue weighted by atomic mass is 10.2. The summed E-state index contributed by atoms with van der Waals surface area (Å²) >= 11 is 11.9. The number of carbonyl (C=O) groups excluding carboxylic acids is 2. The summed E-state index contributed by atoms with van der Waals surface area (Å²) in [5, 5.41) is 3.77. The lowest BCUT2D eigenvalue weighted by Crippen LogP contribution is -2.48. The Morgan fingerprint density at radius 3 is 2.41 bits per heavy atom. The molecule has 11 heteroatoms. The van der Waals surface area contributed by atoms with Crippen molar-refractivity contribution in [3.63, 3.8) is 0 Å². The van der Waals surface area contributed by atoms with Crippen molar-refractivity contribution in [1.82, 2.24) is 19.8 Å². The van der Waals surface area contributed by atoms with E-state index in [1.54, 1.807) is 42.2 Å². The standard InChI is InChI=1S/C23H23Cl2N5O4/c1-14(31)28-6-8-29(9-7-28)16-3-5-20-17(11-16)22(33)30(23(34)27-20)13-21(32)26-12-15-2-4-18(24)19(25)10-15/h2-5,10-11H,6-9,12-13H2,1H3,(H,26,32)(H,27,34). The average Bonchev–Trinajstić information content (AvgIpc) is 2.82. The number of nitrogens with one attached hydrogen (secondary N) is 2. The Labute approximate surface area is 204 Å². The number of hydrogen-bond donors (Lipinski definition) is 2. The molecule has 2 amide bonds. The zero-order valence-electron chi connectivity index (χ0n) is 18.4. The summed E-state index contributed by atoms with van der Waals surface area (Å²) in [4.78, 5) is 56.1. The van der Waals surface area contributed by atoms with Crippen LogP contribution in [-0.4, -0.2) is 52.4 Å². The predicted octanol–water partition coefficient (Wildman–Crippen LogP) is 1.98. The third kappa shape index (κ3) is 5.10. The van der Waals surface area contributed by atoms with Gasteiger partial charge in [0.2, 0.25) is 11.8 Å². The number of H-pyrrole nitrogens is 1. The van der Waals surface area contributed by atoms with Crippen LogP contribution in [0, 0.1) is 0 Å². The molecular weight excluding hydrogens is 481 g/mol. The molecule has 0 saturated carbocycles. The topological polar surface area (TPSA) is 108 Å².